The molecule has 0 saturated heterocycles. The number of hydrogen-bond acceptors (Lipinski definition) is 4. The minimum atomic E-state index is -0.486. The second-order valence-electron chi connectivity index (χ2n) is 5.59. The molecule has 0 radical (unpaired) electrons. The third-order valence-corrected chi connectivity index (χ3v) is 4.87. The van der Waals surface area contributed by atoms with E-state index in [1.165, 1.54) is 7.11 Å². The molecule has 1 N–H and O–H groups in total. The van der Waals surface area contributed by atoms with Crippen LogP contribution in [-0.2, 0) is 20.9 Å². The van der Waals surface area contributed by atoms with E-state index < -0.39 is 12.0 Å². The Morgan fingerprint density at radius 2 is 1.96 bits per heavy atom. The molecule has 0 aliphatic heterocycles. The number of carbonyl (C=O) groups is 2. The van der Waals surface area contributed by atoms with Gasteiger partial charge in [0.15, 0.2) is 0 Å². The van der Waals surface area contributed by atoms with Gasteiger partial charge in [0.05, 0.1) is 36.0 Å². The van der Waals surface area contributed by atoms with E-state index in [4.69, 9.17) is 16.3 Å². The summed E-state index contributed by atoms with van der Waals surface area (Å²) >= 11 is 9.47. The summed E-state index contributed by atoms with van der Waals surface area (Å²) in [4.78, 5) is 24.1. The minimum absolute atomic E-state index is 0.0214. The van der Waals surface area contributed by atoms with E-state index in [1.54, 1.807) is 18.5 Å². The molecular formula is C17H19BrClN3O3. The third-order valence-electron chi connectivity index (χ3n) is 3.79. The van der Waals surface area contributed by atoms with Crippen molar-refractivity contribution in [1.29, 1.82) is 0 Å². The van der Waals surface area contributed by atoms with Gasteiger partial charge < -0.3 is 10.1 Å². The maximum atomic E-state index is 12.4. The minimum Gasteiger partial charge on any atom is -0.469 e. The Bertz CT molecular complexity index is 774. The number of nitrogens with one attached hydrogen (secondary N) is 1. The van der Waals surface area contributed by atoms with Gasteiger partial charge >= 0.3 is 5.97 Å². The van der Waals surface area contributed by atoms with Gasteiger partial charge in [0, 0.05) is 4.47 Å². The van der Waals surface area contributed by atoms with E-state index in [2.05, 4.69) is 26.3 Å². The van der Waals surface area contributed by atoms with Gasteiger partial charge in [-0.05, 0) is 31.5 Å². The third kappa shape index (κ3) is 5.06. The van der Waals surface area contributed by atoms with Gasteiger partial charge in [0.1, 0.15) is 6.54 Å². The zero-order valence-corrected chi connectivity index (χ0v) is 16.5. The molecule has 0 fully saturated rings. The predicted molar refractivity (Wildman–Crippen MR) is 98.4 cm³/mol. The summed E-state index contributed by atoms with van der Waals surface area (Å²) < 4.78 is 7.19. The summed E-state index contributed by atoms with van der Waals surface area (Å²) in [6, 6.07) is 6.91. The maximum Gasteiger partial charge on any atom is 0.307 e. The largest absolute Gasteiger partial charge is 0.469 e. The first-order valence-corrected chi connectivity index (χ1v) is 8.80. The Kier molecular flexibility index (Phi) is 6.61. The van der Waals surface area contributed by atoms with Crippen LogP contribution in [0.15, 0.2) is 28.7 Å². The molecule has 0 saturated carbocycles. The smallest absolute Gasteiger partial charge is 0.307 e. The normalized spacial score (nSPS) is 11.9. The van der Waals surface area contributed by atoms with E-state index >= 15 is 0 Å². The molecule has 1 aromatic heterocycles. The number of aromatic nitrogens is 2. The zero-order valence-electron chi connectivity index (χ0n) is 14.2. The SMILES string of the molecule is COC(=O)CC(NC(=O)Cn1nc(C)c(Cl)c1C)c1ccc(Br)cc1. The summed E-state index contributed by atoms with van der Waals surface area (Å²) in [5.74, 6) is -0.665. The first-order valence-electron chi connectivity index (χ1n) is 7.63. The van der Waals surface area contributed by atoms with Crippen molar-refractivity contribution in [2.24, 2.45) is 0 Å². The Morgan fingerprint density at radius 1 is 1.32 bits per heavy atom. The Balaban J connectivity index is 2.14. The van der Waals surface area contributed by atoms with E-state index in [0.29, 0.717) is 10.7 Å². The van der Waals surface area contributed by atoms with Crippen LogP contribution in [0.2, 0.25) is 5.02 Å². The Labute approximate surface area is 159 Å². The number of halogens is 2. The lowest BCUT2D eigenvalue weighted by Gasteiger charge is -2.18. The van der Waals surface area contributed by atoms with Crippen LogP contribution in [0.25, 0.3) is 0 Å². The highest BCUT2D eigenvalue weighted by Gasteiger charge is 2.20. The monoisotopic (exact) mass is 427 g/mol. The highest BCUT2D eigenvalue weighted by molar-refractivity contribution is 9.10. The number of aryl methyl sites for hydroxylation is 1. The van der Waals surface area contributed by atoms with Crippen molar-refractivity contribution in [2.75, 3.05) is 7.11 Å². The van der Waals surface area contributed by atoms with Gasteiger partial charge in [-0.2, -0.15) is 5.10 Å². The maximum absolute atomic E-state index is 12.4. The van der Waals surface area contributed by atoms with Gasteiger partial charge in [-0.1, -0.05) is 39.7 Å². The van der Waals surface area contributed by atoms with Crippen LogP contribution in [0.5, 0.6) is 0 Å². The van der Waals surface area contributed by atoms with Crippen molar-refractivity contribution in [3.05, 3.63) is 50.7 Å². The number of rotatable bonds is 6. The number of methoxy groups -OCH3 is 1. The summed E-state index contributed by atoms with van der Waals surface area (Å²) in [5.41, 5.74) is 2.21. The fraction of sp³-hybridized carbons (Fsp3) is 0.353. The molecule has 6 nitrogen and oxygen atoms in total. The fourth-order valence-electron chi connectivity index (χ4n) is 2.40. The molecule has 0 bridgehead atoms. The average Bonchev–Trinajstić information content (AvgIpc) is 2.81. The molecular weight excluding hydrogens is 410 g/mol. The lowest BCUT2D eigenvalue weighted by Crippen LogP contribution is -2.33. The fourth-order valence-corrected chi connectivity index (χ4v) is 2.80. The second-order valence-corrected chi connectivity index (χ2v) is 6.89. The van der Waals surface area contributed by atoms with Crippen LogP contribution < -0.4 is 5.32 Å². The molecule has 2 aromatic rings. The molecule has 2 rings (SSSR count). The molecule has 1 heterocycles. The molecule has 1 atom stereocenters. The number of esters is 1. The topological polar surface area (TPSA) is 73.2 Å². The first kappa shape index (κ1) is 19.5. The highest BCUT2D eigenvalue weighted by Crippen LogP contribution is 2.21. The predicted octanol–water partition coefficient (Wildman–Crippen LogP) is 3.34. The lowest BCUT2D eigenvalue weighted by molar-refractivity contribution is -0.141. The first-order chi connectivity index (χ1) is 11.8. The van der Waals surface area contributed by atoms with E-state index in [-0.39, 0.29) is 18.9 Å². The van der Waals surface area contributed by atoms with E-state index in [9.17, 15) is 9.59 Å². The second kappa shape index (κ2) is 8.49. The highest BCUT2D eigenvalue weighted by atomic mass is 79.9. The van der Waals surface area contributed by atoms with Crippen LogP contribution in [0.3, 0.4) is 0 Å². The molecule has 0 aliphatic rings. The van der Waals surface area contributed by atoms with Crippen molar-refractivity contribution in [3.8, 4) is 0 Å². The molecule has 1 aromatic carbocycles. The van der Waals surface area contributed by atoms with Crippen LogP contribution in [0.4, 0.5) is 0 Å². The number of amides is 1. The van der Waals surface area contributed by atoms with Crippen molar-refractivity contribution in [2.45, 2.75) is 32.9 Å². The standard InChI is InChI=1S/C17H19BrClN3O3/c1-10-17(19)11(2)22(21-10)9-15(23)20-14(8-16(24)25-3)12-4-6-13(18)7-5-12/h4-7,14H,8-9H2,1-3H3,(H,20,23). The van der Waals surface area contributed by atoms with Crippen LogP contribution >= 0.6 is 27.5 Å². The van der Waals surface area contributed by atoms with Gasteiger partial charge in [-0.3, -0.25) is 14.3 Å². The van der Waals surface area contributed by atoms with Gasteiger partial charge in [0.25, 0.3) is 0 Å². The number of hydrogen-bond donors (Lipinski definition) is 1. The zero-order chi connectivity index (χ0) is 18.6. The molecule has 0 spiro atoms. The van der Waals surface area contributed by atoms with E-state index in [1.807, 2.05) is 24.3 Å². The summed E-state index contributed by atoms with van der Waals surface area (Å²) in [6.45, 7) is 3.61. The number of benzene rings is 1. The molecule has 25 heavy (non-hydrogen) atoms. The van der Waals surface area contributed by atoms with Gasteiger partial charge in [-0.15, -0.1) is 0 Å². The van der Waals surface area contributed by atoms with Crippen molar-refractivity contribution in [3.63, 3.8) is 0 Å². The molecule has 0 aliphatic carbocycles. The van der Waals surface area contributed by atoms with E-state index in [0.717, 1.165) is 15.7 Å². The van der Waals surface area contributed by atoms with Crippen molar-refractivity contribution >= 4 is 39.4 Å². The lowest BCUT2D eigenvalue weighted by atomic mass is 10.0. The molecule has 8 heteroatoms. The number of ether oxygens (including phenoxy) is 1. The van der Waals surface area contributed by atoms with Crippen molar-refractivity contribution < 1.29 is 14.3 Å². The van der Waals surface area contributed by atoms with Crippen LogP contribution in [0.1, 0.15) is 29.4 Å². The average molecular weight is 429 g/mol. The summed E-state index contributed by atoms with van der Waals surface area (Å²) in [7, 11) is 1.32. The number of nitrogens with zero attached hydrogens (tertiary/aromatic N) is 2. The van der Waals surface area contributed by atoms with Crippen LogP contribution in [-0.4, -0.2) is 28.8 Å². The molecule has 1 amide bonds. The quantitative estimate of drug-likeness (QED) is 0.716. The van der Waals surface area contributed by atoms with Crippen LogP contribution in [0, 0.1) is 13.8 Å². The number of carbonyl (C=O) groups excluding carboxylic acids is 2. The van der Waals surface area contributed by atoms with Gasteiger partial charge in [-0.25, -0.2) is 0 Å². The molecule has 134 valence electrons. The molecule has 1 unspecified atom stereocenters. The summed E-state index contributed by atoms with van der Waals surface area (Å²) in [5, 5.41) is 7.66. The Morgan fingerprint density at radius 3 is 2.48 bits per heavy atom. The summed E-state index contributed by atoms with van der Waals surface area (Å²) in [6.07, 6.45) is 0.0434. The van der Waals surface area contributed by atoms with Gasteiger partial charge in [0.2, 0.25) is 5.91 Å². The van der Waals surface area contributed by atoms with Crippen molar-refractivity contribution in [1.82, 2.24) is 15.1 Å². The Hall–Kier alpha value is -1.86.